The van der Waals surface area contributed by atoms with E-state index in [-0.39, 0.29) is 5.54 Å². The molecule has 3 nitrogen and oxygen atoms in total. The highest BCUT2D eigenvalue weighted by Gasteiger charge is 2.45. The van der Waals surface area contributed by atoms with Crippen molar-refractivity contribution in [2.24, 2.45) is 17.6 Å². The van der Waals surface area contributed by atoms with Crippen molar-refractivity contribution in [2.75, 3.05) is 26.8 Å². The van der Waals surface area contributed by atoms with Crippen molar-refractivity contribution in [2.45, 2.75) is 57.5 Å². The van der Waals surface area contributed by atoms with Crippen molar-refractivity contribution in [3.05, 3.63) is 0 Å². The van der Waals surface area contributed by atoms with Crippen LogP contribution in [-0.4, -0.2) is 43.3 Å². The predicted molar refractivity (Wildman–Crippen MR) is 75.6 cm³/mol. The number of ether oxygens (including phenoxy) is 1. The lowest BCUT2D eigenvalue weighted by molar-refractivity contribution is 0.0224. The van der Waals surface area contributed by atoms with Crippen molar-refractivity contribution in [3.63, 3.8) is 0 Å². The average molecular weight is 254 g/mol. The van der Waals surface area contributed by atoms with Crippen molar-refractivity contribution in [1.82, 2.24) is 4.90 Å². The molecule has 2 fully saturated rings. The normalized spacial score (nSPS) is 34.2. The van der Waals surface area contributed by atoms with Gasteiger partial charge in [0.2, 0.25) is 0 Å². The molecule has 3 unspecified atom stereocenters. The molecule has 3 heteroatoms. The Morgan fingerprint density at radius 3 is 2.56 bits per heavy atom. The first kappa shape index (κ1) is 14.3. The van der Waals surface area contributed by atoms with Gasteiger partial charge < -0.3 is 10.5 Å². The third kappa shape index (κ3) is 2.89. The molecule has 0 saturated heterocycles. The van der Waals surface area contributed by atoms with Gasteiger partial charge in [-0.25, -0.2) is 0 Å². The van der Waals surface area contributed by atoms with Gasteiger partial charge in [0, 0.05) is 31.8 Å². The van der Waals surface area contributed by atoms with Crippen LogP contribution in [0.15, 0.2) is 0 Å². The van der Waals surface area contributed by atoms with E-state index in [9.17, 15) is 0 Å². The van der Waals surface area contributed by atoms with E-state index >= 15 is 0 Å². The van der Waals surface area contributed by atoms with Gasteiger partial charge in [-0.05, 0) is 50.9 Å². The fourth-order valence-corrected chi connectivity index (χ4v) is 3.83. The molecular formula is C15H30N2O. The molecule has 0 aliphatic heterocycles. The Hall–Kier alpha value is -0.120. The van der Waals surface area contributed by atoms with E-state index in [2.05, 4.69) is 18.7 Å². The number of nitrogens with two attached hydrogens (primary N) is 1. The van der Waals surface area contributed by atoms with Gasteiger partial charge in [0.25, 0.3) is 0 Å². The Kier molecular flexibility index (Phi) is 4.68. The van der Waals surface area contributed by atoms with Gasteiger partial charge in [-0.2, -0.15) is 0 Å². The van der Waals surface area contributed by atoms with Crippen LogP contribution >= 0.6 is 0 Å². The zero-order valence-corrected chi connectivity index (χ0v) is 12.3. The van der Waals surface area contributed by atoms with E-state index in [1.165, 1.54) is 32.1 Å². The summed E-state index contributed by atoms with van der Waals surface area (Å²) < 4.78 is 5.32. The molecule has 3 atom stereocenters. The number of hydrogen-bond acceptors (Lipinski definition) is 3. The van der Waals surface area contributed by atoms with E-state index in [4.69, 9.17) is 10.5 Å². The summed E-state index contributed by atoms with van der Waals surface area (Å²) in [6.45, 7) is 7.44. The van der Waals surface area contributed by atoms with Crippen LogP contribution in [0.4, 0.5) is 0 Å². The van der Waals surface area contributed by atoms with E-state index in [1.807, 2.05) is 0 Å². The highest BCUT2D eigenvalue weighted by Crippen LogP contribution is 2.43. The summed E-state index contributed by atoms with van der Waals surface area (Å²) in [5, 5.41) is 0. The molecule has 2 saturated carbocycles. The lowest BCUT2D eigenvalue weighted by Gasteiger charge is -2.45. The summed E-state index contributed by atoms with van der Waals surface area (Å²) in [5.41, 5.74) is 6.43. The molecule has 0 aromatic heterocycles. The summed E-state index contributed by atoms with van der Waals surface area (Å²) in [6, 6.07) is 0.675. The highest BCUT2D eigenvalue weighted by molar-refractivity contribution is 5.02. The second kappa shape index (κ2) is 5.89. The first-order valence-electron chi connectivity index (χ1n) is 7.58. The van der Waals surface area contributed by atoms with Gasteiger partial charge >= 0.3 is 0 Å². The van der Waals surface area contributed by atoms with E-state index in [0.29, 0.717) is 6.04 Å². The topological polar surface area (TPSA) is 38.5 Å². The molecule has 106 valence electrons. The maximum atomic E-state index is 6.18. The molecule has 2 N–H and O–H groups in total. The van der Waals surface area contributed by atoms with Gasteiger partial charge in [-0.15, -0.1) is 0 Å². The van der Waals surface area contributed by atoms with E-state index in [1.54, 1.807) is 7.11 Å². The summed E-state index contributed by atoms with van der Waals surface area (Å²) in [6.07, 6.45) is 6.68. The molecule has 2 aliphatic rings. The molecule has 2 aliphatic carbocycles. The molecule has 0 spiro atoms. The van der Waals surface area contributed by atoms with Gasteiger partial charge in [0.1, 0.15) is 0 Å². The second-order valence-electron chi connectivity index (χ2n) is 6.54. The second-order valence-corrected chi connectivity index (χ2v) is 6.54. The standard InChI is InChI=1S/C15H30N2O/c1-12-6-7-15(10-12,11-16)17(8-9-18-3)13(2)14-4-5-14/h12-14H,4-11,16H2,1-3H3. The highest BCUT2D eigenvalue weighted by atomic mass is 16.5. The average Bonchev–Trinajstić information content (AvgIpc) is 3.14. The monoisotopic (exact) mass is 254 g/mol. The molecular weight excluding hydrogens is 224 g/mol. The van der Waals surface area contributed by atoms with Crippen LogP contribution in [0.5, 0.6) is 0 Å². The van der Waals surface area contributed by atoms with Crippen molar-refractivity contribution < 1.29 is 4.74 Å². The third-order valence-corrected chi connectivity index (χ3v) is 5.15. The molecule has 18 heavy (non-hydrogen) atoms. The SMILES string of the molecule is COCCN(C(C)C1CC1)C1(CN)CCC(C)C1. The first-order chi connectivity index (χ1) is 8.63. The number of methoxy groups -OCH3 is 1. The Morgan fingerprint density at radius 1 is 1.39 bits per heavy atom. The van der Waals surface area contributed by atoms with Crippen molar-refractivity contribution >= 4 is 0 Å². The Labute approximate surface area is 112 Å². The molecule has 0 amide bonds. The molecule has 0 radical (unpaired) electrons. The van der Waals surface area contributed by atoms with Crippen LogP contribution in [0.2, 0.25) is 0 Å². The van der Waals surface area contributed by atoms with Crippen LogP contribution in [0, 0.1) is 11.8 Å². The molecule has 0 aromatic rings. The van der Waals surface area contributed by atoms with Crippen LogP contribution in [0.3, 0.4) is 0 Å². The number of nitrogens with zero attached hydrogens (tertiary/aromatic N) is 1. The van der Waals surface area contributed by atoms with Crippen molar-refractivity contribution in [3.8, 4) is 0 Å². The quantitative estimate of drug-likeness (QED) is 0.757. The summed E-state index contributed by atoms with van der Waals surface area (Å²) in [7, 11) is 1.80. The molecule has 0 heterocycles. The van der Waals surface area contributed by atoms with E-state index < -0.39 is 0 Å². The van der Waals surface area contributed by atoms with Crippen LogP contribution < -0.4 is 5.73 Å². The minimum Gasteiger partial charge on any atom is -0.383 e. The fourth-order valence-electron chi connectivity index (χ4n) is 3.83. The zero-order chi connectivity index (χ0) is 13.2. The number of rotatable bonds is 7. The fraction of sp³-hybridized carbons (Fsp3) is 1.00. The largest absolute Gasteiger partial charge is 0.383 e. The lowest BCUT2D eigenvalue weighted by atomic mass is 9.91. The molecule has 0 bridgehead atoms. The molecule has 0 aromatic carbocycles. The maximum absolute atomic E-state index is 6.18. The minimum absolute atomic E-state index is 0.250. The number of hydrogen-bond donors (Lipinski definition) is 1. The Morgan fingerprint density at radius 2 is 2.11 bits per heavy atom. The third-order valence-electron chi connectivity index (χ3n) is 5.15. The van der Waals surface area contributed by atoms with Crippen LogP contribution in [0.1, 0.15) is 46.0 Å². The van der Waals surface area contributed by atoms with Crippen LogP contribution in [0.25, 0.3) is 0 Å². The van der Waals surface area contributed by atoms with Gasteiger partial charge in [-0.1, -0.05) is 6.92 Å². The van der Waals surface area contributed by atoms with Gasteiger partial charge in [-0.3, -0.25) is 4.90 Å². The van der Waals surface area contributed by atoms with Gasteiger partial charge in [0.15, 0.2) is 0 Å². The summed E-state index contributed by atoms with van der Waals surface area (Å²) in [5.74, 6) is 1.73. The van der Waals surface area contributed by atoms with Crippen molar-refractivity contribution in [1.29, 1.82) is 0 Å². The predicted octanol–water partition coefficient (Wildman–Crippen LogP) is 2.25. The van der Waals surface area contributed by atoms with E-state index in [0.717, 1.165) is 31.5 Å². The lowest BCUT2D eigenvalue weighted by Crippen LogP contribution is -2.57. The summed E-state index contributed by atoms with van der Waals surface area (Å²) in [4.78, 5) is 2.69. The minimum atomic E-state index is 0.250. The van der Waals surface area contributed by atoms with Gasteiger partial charge in [0.05, 0.1) is 6.61 Å². The first-order valence-corrected chi connectivity index (χ1v) is 7.58. The summed E-state index contributed by atoms with van der Waals surface area (Å²) >= 11 is 0. The Balaban J connectivity index is 2.09. The maximum Gasteiger partial charge on any atom is 0.0590 e. The Bertz CT molecular complexity index is 267. The smallest absolute Gasteiger partial charge is 0.0590 e. The molecule has 2 rings (SSSR count). The zero-order valence-electron chi connectivity index (χ0n) is 12.3. The van der Waals surface area contributed by atoms with Crippen LogP contribution in [-0.2, 0) is 4.74 Å².